The minimum atomic E-state index is -0.995. The monoisotopic (exact) mass is 311 g/mol. The molecule has 0 spiro atoms. The van der Waals surface area contributed by atoms with Gasteiger partial charge in [-0.05, 0) is 18.1 Å². The molecule has 0 saturated heterocycles. The first kappa shape index (κ1) is 16.7. The average Bonchev–Trinajstić information content (AvgIpc) is 2.59. The highest BCUT2D eigenvalue weighted by Gasteiger charge is 2.29. The van der Waals surface area contributed by atoms with Crippen LogP contribution in [0.4, 0.5) is 0 Å². The maximum atomic E-state index is 12.6. The van der Waals surface area contributed by atoms with E-state index in [2.05, 4.69) is 0 Å². The van der Waals surface area contributed by atoms with Crippen LogP contribution in [-0.2, 0) is 16.0 Å². The van der Waals surface area contributed by atoms with E-state index in [9.17, 15) is 14.7 Å². The smallest absolute Gasteiger partial charge is 0.326 e. The fourth-order valence-corrected chi connectivity index (χ4v) is 2.57. The fraction of sp³-hybridized carbons (Fsp3) is 0.263. The zero-order valence-electron chi connectivity index (χ0n) is 13.3. The normalized spacial score (nSPS) is 13.1. The molecule has 0 radical (unpaired) electrons. The van der Waals surface area contributed by atoms with Crippen molar-refractivity contribution in [2.75, 3.05) is 7.05 Å². The summed E-state index contributed by atoms with van der Waals surface area (Å²) in [6.07, 6.45) is 0.292. The molecule has 1 unspecified atom stereocenters. The SMILES string of the molecule is C[C@@H](C(=O)N(C)C(Cc1ccccc1)C(=O)O)c1ccccc1. The predicted molar refractivity (Wildman–Crippen MR) is 89.2 cm³/mol. The number of benzene rings is 2. The van der Waals surface area contributed by atoms with E-state index in [0.717, 1.165) is 11.1 Å². The molecule has 2 aromatic carbocycles. The molecule has 2 rings (SSSR count). The van der Waals surface area contributed by atoms with Crippen molar-refractivity contribution in [1.82, 2.24) is 4.90 Å². The third-order valence-corrected chi connectivity index (χ3v) is 4.04. The molecule has 0 fully saturated rings. The van der Waals surface area contributed by atoms with E-state index >= 15 is 0 Å². The Hall–Kier alpha value is -2.62. The minimum absolute atomic E-state index is 0.195. The fourth-order valence-electron chi connectivity index (χ4n) is 2.57. The first-order chi connectivity index (χ1) is 11.0. The lowest BCUT2D eigenvalue weighted by atomic mass is 9.98. The number of likely N-dealkylation sites (N-methyl/N-ethyl adjacent to an activating group) is 1. The van der Waals surface area contributed by atoms with Crippen molar-refractivity contribution in [2.45, 2.75) is 25.3 Å². The lowest BCUT2D eigenvalue weighted by Crippen LogP contribution is -2.45. The topological polar surface area (TPSA) is 57.6 Å². The summed E-state index contributed by atoms with van der Waals surface area (Å²) >= 11 is 0. The van der Waals surface area contributed by atoms with Crippen LogP contribution in [0.5, 0.6) is 0 Å². The Morgan fingerprint density at radius 2 is 1.52 bits per heavy atom. The van der Waals surface area contributed by atoms with Gasteiger partial charge in [-0.2, -0.15) is 0 Å². The Balaban J connectivity index is 2.15. The molecule has 120 valence electrons. The van der Waals surface area contributed by atoms with Gasteiger partial charge in [0.2, 0.25) is 5.91 Å². The molecule has 0 aliphatic heterocycles. The first-order valence-electron chi connectivity index (χ1n) is 7.59. The van der Waals surface area contributed by atoms with E-state index in [4.69, 9.17) is 0 Å². The lowest BCUT2D eigenvalue weighted by Gasteiger charge is -2.27. The number of amides is 1. The highest BCUT2D eigenvalue weighted by atomic mass is 16.4. The van der Waals surface area contributed by atoms with Crippen LogP contribution >= 0.6 is 0 Å². The number of nitrogens with zero attached hydrogens (tertiary/aromatic N) is 1. The number of carbonyl (C=O) groups excluding carboxylic acids is 1. The van der Waals surface area contributed by atoms with Crippen molar-refractivity contribution >= 4 is 11.9 Å². The van der Waals surface area contributed by atoms with Crippen molar-refractivity contribution in [3.8, 4) is 0 Å². The molecule has 4 nitrogen and oxygen atoms in total. The van der Waals surface area contributed by atoms with Crippen LogP contribution in [0.25, 0.3) is 0 Å². The van der Waals surface area contributed by atoms with Crippen LogP contribution < -0.4 is 0 Å². The number of hydrogen-bond acceptors (Lipinski definition) is 2. The second kappa shape index (κ2) is 7.58. The predicted octanol–water partition coefficient (Wildman–Crippen LogP) is 2.94. The van der Waals surface area contributed by atoms with Gasteiger partial charge in [0.25, 0.3) is 0 Å². The third-order valence-electron chi connectivity index (χ3n) is 4.04. The summed E-state index contributed by atoms with van der Waals surface area (Å²) in [6, 6.07) is 17.9. The lowest BCUT2D eigenvalue weighted by molar-refractivity contribution is -0.149. The molecule has 0 aliphatic carbocycles. The number of aliphatic carboxylic acids is 1. The van der Waals surface area contributed by atoms with Gasteiger partial charge in [0.15, 0.2) is 0 Å². The molecule has 1 N–H and O–H groups in total. The van der Waals surface area contributed by atoms with Gasteiger partial charge in [0.05, 0.1) is 5.92 Å². The van der Waals surface area contributed by atoms with Crippen molar-refractivity contribution in [3.05, 3.63) is 71.8 Å². The number of carboxylic acids is 1. The molecule has 0 heterocycles. The van der Waals surface area contributed by atoms with Gasteiger partial charge in [-0.3, -0.25) is 4.79 Å². The van der Waals surface area contributed by atoms with Gasteiger partial charge in [-0.1, -0.05) is 60.7 Å². The van der Waals surface area contributed by atoms with Gasteiger partial charge in [0, 0.05) is 13.5 Å². The van der Waals surface area contributed by atoms with Crippen LogP contribution in [0.15, 0.2) is 60.7 Å². The van der Waals surface area contributed by atoms with Crippen molar-refractivity contribution in [3.63, 3.8) is 0 Å². The maximum absolute atomic E-state index is 12.6. The highest BCUT2D eigenvalue weighted by Crippen LogP contribution is 2.19. The zero-order valence-corrected chi connectivity index (χ0v) is 13.3. The summed E-state index contributed by atoms with van der Waals surface area (Å²) in [4.78, 5) is 25.6. The van der Waals surface area contributed by atoms with Crippen molar-refractivity contribution < 1.29 is 14.7 Å². The quantitative estimate of drug-likeness (QED) is 0.892. The van der Waals surface area contributed by atoms with Gasteiger partial charge < -0.3 is 10.0 Å². The van der Waals surface area contributed by atoms with Crippen LogP contribution in [-0.4, -0.2) is 35.0 Å². The first-order valence-corrected chi connectivity index (χ1v) is 7.59. The van der Waals surface area contributed by atoms with Crippen LogP contribution in [0.3, 0.4) is 0 Å². The molecular formula is C19H21NO3. The Labute approximate surface area is 136 Å². The Kier molecular flexibility index (Phi) is 5.52. The van der Waals surface area contributed by atoms with E-state index in [1.807, 2.05) is 60.7 Å². The van der Waals surface area contributed by atoms with E-state index in [0.29, 0.717) is 6.42 Å². The summed E-state index contributed by atoms with van der Waals surface area (Å²) in [6.45, 7) is 1.80. The van der Waals surface area contributed by atoms with Crippen LogP contribution in [0.1, 0.15) is 24.0 Å². The largest absolute Gasteiger partial charge is 0.480 e. The van der Waals surface area contributed by atoms with E-state index in [1.165, 1.54) is 4.90 Å². The summed E-state index contributed by atoms with van der Waals surface area (Å²) in [5.41, 5.74) is 1.78. The number of carboxylic acid groups (broad SMARTS) is 1. The number of hydrogen-bond donors (Lipinski definition) is 1. The summed E-state index contributed by atoms with van der Waals surface area (Å²) < 4.78 is 0. The summed E-state index contributed by atoms with van der Waals surface area (Å²) in [5, 5.41) is 9.51. The Morgan fingerprint density at radius 1 is 1.00 bits per heavy atom. The second-order valence-electron chi connectivity index (χ2n) is 5.63. The Morgan fingerprint density at radius 3 is 2.04 bits per heavy atom. The van der Waals surface area contributed by atoms with Crippen molar-refractivity contribution in [1.29, 1.82) is 0 Å². The molecule has 2 aromatic rings. The minimum Gasteiger partial charge on any atom is -0.480 e. The maximum Gasteiger partial charge on any atom is 0.326 e. The van der Waals surface area contributed by atoms with Gasteiger partial charge >= 0.3 is 5.97 Å². The summed E-state index contributed by atoms with van der Waals surface area (Å²) in [7, 11) is 1.56. The van der Waals surface area contributed by atoms with Gasteiger partial charge in [-0.15, -0.1) is 0 Å². The van der Waals surface area contributed by atoms with Crippen molar-refractivity contribution in [2.24, 2.45) is 0 Å². The third kappa shape index (κ3) is 4.19. The number of rotatable bonds is 6. The number of carbonyl (C=O) groups is 2. The molecule has 0 saturated carbocycles. The molecular weight excluding hydrogens is 290 g/mol. The molecule has 23 heavy (non-hydrogen) atoms. The molecule has 0 aliphatic rings. The molecule has 4 heteroatoms. The molecule has 1 amide bonds. The van der Waals surface area contributed by atoms with Crippen LogP contribution in [0, 0.1) is 0 Å². The Bertz CT molecular complexity index is 655. The average molecular weight is 311 g/mol. The van der Waals surface area contributed by atoms with E-state index in [1.54, 1.807) is 14.0 Å². The van der Waals surface area contributed by atoms with Gasteiger partial charge in [0.1, 0.15) is 6.04 Å². The van der Waals surface area contributed by atoms with E-state index < -0.39 is 12.0 Å². The molecule has 0 aromatic heterocycles. The van der Waals surface area contributed by atoms with E-state index in [-0.39, 0.29) is 11.8 Å². The van der Waals surface area contributed by atoms with Crippen LogP contribution in [0.2, 0.25) is 0 Å². The standard InChI is InChI=1S/C19H21NO3/c1-14(16-11-7-4-8-12-16)18(21)20(2)17(19(22)23)13-15-9-5-3-6-10-15/h3-12,14,17H,13H2,1-2H3,(H,22,23)/t14-,17?/m1/s1. The van der Waals surface area contributed by atoms with Gasteiger partial charge in [-0.25, -0.2) is 4.79 Å². The highest BCUT2D eigenvalue weighted by molar-refractivity contribution is 5.87. The second-order valence-corrected chi connectivity index (χ2v) is 5.63. The molecule has 2 atom stereocenters. The zero-order chi connectivity index (χ0) is 16.8. The molecule has 0 bridgehead atoms. The summed E-state index contributed by atoms with van der Waals surface area (Å²) in [5.74, 6) is -1.57.